The average molecular weight is 311 g/mol. The molecule has 0 heterocycles. The monoisotopic (exact) mass is 310 g/mol. The van der Waals surface area contributed by atoms with E-state index in [4.69, 9.17) is 17.3 Å². The highest BCUT2D eigenvalue weighted by Crippen LogP contribution is 2.24. The van der Waals surface area contributed by atoms with Gasteiger partial charge in [0.1, 0.15) is 0 Å². The van der Waals surface area contributed by atoms with Gasteiger partial charge in [-0.1, -0.05) is 23.7 Å². The Labute approximate surface area is 121 Å². The van der Waals surface area contributed by atoms with Crippen LogP contribution in [0.15, 0.2) is 53.4 Å². The van der Waals surface area contributed by atoms with Crippen LogP contribution in [0.25, 0.3) is 0 Å². The number of sulfonamides is 1. The predicted molar refractivity (Wildman–Crippen MR) is 77.2 cm³/mol. The van der Waals surface area contributed by atoms with Crippen LogP contribution in [-0.4, -0.2) is 14.3 Å². The average Bonchev–Trinajstić information content (AvgIpc) is 2.41. The standard InChI is InChI=1S/C13H11ClN2O3S/c14-11-3-1-2-4-12(11)16-20(18,19)10-7-5-9(6-8-10)13(15)17/h1-8,16H,(H2,15,17). The third-order valence-corrected chi connectivity index (χ3v) is 4.28. The van der Waals surface area contributed by atoms with E-state index in [0.717, 1.165) is 0 Å². The van der Waals surface area contributed by atoms with Crippen molar-refractivity contribution in [3.8, 4) is 0 Å². The van der Waals surface area contributed by atoms with E-state index in [1.165, 1.54) is 24.3 Å². The first-order chi connectivity index (χ1) is 9.40. The molecule has 2 rings (SSSR count). The molecular formula is C13H11ClN2O3S. The molecule has 7 heteroatoms. The first-order valence-electron chi connectivity index (χ1n) is 5.57. The molecule has 0 radical (unpaired) electrons. The Morgan fingerprint density at radius 1 is 1.05 bits per heavy atom. The summed E-state index contributed by atoms with van der Waals surface area (Å²) in [5.41, 5.74) is 5.62. The fourth-order valence-electron chi connectivity index (χ4n) is 1.55. The first kappa shape index (κ1) is 14.4. The number of carbonyl (C=O) groups is 1. The molecule has 2 aromatic carbocycles. The van der Waals surface area contributed by atoms with Crippen molar-refractivity contribution in [1.82, 2.24) is 0 Å². The van der Waals surface area contributed by atoms with Crippen LogP contribution in [0, 0.1) is 0 Å². The second kappa shape index (κ2) is 5.52. The molecule has 0 fully saturated rings. The summed E-state index contributed by atoms with van der Waals surface area (Å²) in [6.07, 6.45) is 0. The maximum absolute atomic E-state index is 12.1. The largest absolute Gasteiger partial charge is 0.366 e. The number of anilines is 1. The molecule has 0 aliphatic rings. The van der Waals surface area contributed by atoms with E-state index in [1.54, 1.807) is 24.3 Å². The lowest BCUT2D eigenvalue weighted by atomic mass is 10.2. The second-order valence-corrected chi connectivity index (χ2v) is 6.06. The van der Waals surface area contributed by atoms with Crippen molar-refractivity contribution in [1.29, 1.82) is 0 Å². The first-order valence-corrected chi connectivity index (χ1v) is 7.43. The van der Waals surface area contributed by atoms with Crippen molar-refractivity contribution >= 4 is 33.2 Å². The van der Waals surface area contributed by atoms with Crippen molar-refractivity contribution < 1.29 is 13.2 Å². The van der Waals surface area contributed by atoms with Gasteiger partial charge in [0, 0.05) is 5.56 Å². The number of nitrogens with two attached hydrogens (primary N) is 1. The summed E-state index contributed by atoms with van der Waals surface area (Å²) in [5.74, 6) is -0.618. The Hall–Kier alpha value is -2.05. The molecule has 0 unspecified atom stereocenters. The van der Waals surface area contributed by atoms with Crippen LogP contribution >= 0.6 is 11.6 Å². The van der Waals surface area contributed by atoms with Gasteiger partial charge in [-0.15, -0.1) is 0 Å². The Morgan fingerprint density at radius 3 is 2.20 bits per heavy atom. The SMILES string of the molecule is NC(=O)c1ccc(S(=O)(=O)Nc2ccccc2Cl)cc1. The van der Waals surface area contributed by atoms with Gasteiger partial charge in [-0.3, -0.25) is 9.52 Å². The molecule has 0 saturated heterocycles. The third kappa shape index (κ3) is 3.09. The molecule has 2 aromatic rings. The smallest absolute Gasteiger partial charge is 0.261 e. The van der Waals surface area contributed by atoms with Gasteiger partial charge in [-0.2, -0.15) is 0 Å². The number of hydrogen-bond acceptors (Lipinski definition) is 3. The van der Waals surface area contributed by atoms with Crippen molar-refractivity contribution in [2.75, 3.05) is 4.72 Å². The van der Waals surface area contributed by atoms with Crippen LogP contribution in [0.3, 0.4) is 0 Å². The van der Waals surface area contributed by atoms with E-state index in [9.17, 15) is 13.2 Å². The minimum absolute atomic E-state index is 0.0161. The van der Waals surface area contributed by atoms with Crippen LogP contribution in [-0.2, 0) is 10.0 Å². The Bertz CT molecular complexity index is 742. The molecule has 0 spiro atoms. The molecule has 5 nitrogen and oxygen atoms in total. The zero-order valence-corrected chi connectivity index (χ0v) is 11.8. The van der Waals surface area contributed by atoms with Crippen LogP contribution in [0.1, 0.15) is 10.4 Å². The molecule has 0 bridgehead atoms. The van der Waals surface area contributed by atoms with Crippen LogP contribution in [0.4, 0.5) is 5.69 Å². The molecular weight excluding hydrogens is 300 g/mol. The van der Waals surface area contributed by atoms with E-state index < -0.39 is 15.9 Å². The topological polar surface area (TPSA) is 89.3 Å². The number of benzene rings is 2. The molecule has 0 aromatic heterocycles. The number of amides is 1. The quantitative estimate of drug-likeness (QED) is 0.907. The Morgan fingerprint density at radius 2 is 1.65 bits per heavy atom. The van der Waals surface area contributed by atoms with Gasteiger partial charge >= 0.3 is 0 Å². The molecule has 0 atom stereocenters. The lowest BCUT2D eigenvalue weighted by Gasteiger charge is -2.09. The van der Waals surface area contributed by atoms with Gasteiger partial charge in [0.25, 0.3) is 10.0 Å². The number of nitrogens with one attached hydrogen (secondary N) is 1. The molecule has 104 valence electrons. The van der Waals surface area contributed by atoms with Gasteiger partial charge < -0.3 is 5.73 Å². The third-order valence-electron chi connectivity index (χ3n) is 2.57. The van der Waals surface area contributed by atoms with Gasteiger partial charge in [0.05, 0.1) is 15.6 Å². The molecule has 0 saturated carbocycles. The summed E-state index contributed by atoms with van der Waals surface area (Å²) in [6, 6.07) is 11.8. The fourth-order valence-corrected chi connectivity index (χ4v) is 2.86. The minimum Gasteiger partial charge on any atom is -0.366 e. The van der Waals surface area contributed by atoms with Crippen molar-refractivity contribution in [3.05, 3.63) is 59.1 Å². The summed E-state index contributed by atoms with van der Waals surface area (Å²) in [6.45, 7) is 0. The van der Waals surface area contributed by atoms with E-state index in [1.807, 2.05) is 0 Å². The minimum atomic E-state index is -3.76. The second-order valence-electron chi connectivity index (χ2n) is 3.97. The number of hydrogen-bond donors (Lipinski definition) is 2. The molecule has 3 N–H and O–H groups in total. The normalized spacial score (nSPS) is 11.1. The summed E-state index contributed by atoms with van der Waals surface area (Å²) >= 11 is 5.90. The Balaban J connectivity index is 2.31. The van der Waals surface area contributed by atoms with Crippen molar-refractivity contribution in [3.63, 3.8) is 0 Å². The number of primary amides is 1. The van der Waals surface area contributed by atoms with Gasteiger partial charge in [0.15, 0.2) is 0 Å². The summed E-state index contributed by atoms with van der Waals surface area (Å²) in [5, 5.41) is 0.296. The number of rotatable bonds is 4. The van der Waals surface area contributed by atoms with Gasteiger partial charge in [-0.05, 0) is 36.4 Å². The highest BCUT2D eigenvalue weighted by Gasteiger charge is 2.15. The lowest BCUT2D eigenvalue weighted by Crippen LogP contribution is -2.14. The maximum Gasteiger partial charge on any atom is 0.261 e. The summed E-state index contributed by atoms with van der Waals surface area (Å²) < 4.78 is 26.7. The number of carbonyl (C=O) groups excluding carboxylic acids is 1. The number of para-hydroxylation sites is 1. The van der Waals surface area contributed by atoms with E-state index in [2.05, 4.69) is 4.72 Å². The van der Waals surface area contributed by atoms with Crippen molar-refractivity contribution in [2.24, 2.45) is 5.73 Å². The predicted octanol–water partition coefficient (Wildman–Crippen LogP) is 2.24. The molecule has 20 heavy (non-hydrogen) atoms. The zero-order valence-electron chi connectivity index (χ0n) is 10.2. The van der Waals surface area contributed by atoms with Gasteiger partial charge in [-0.25, -0.2) is 8.42 Å². The van der Waals surface area contributed by atoms with Crippen LogP contribution < -0.4 is 10.5 Å². The van der Waals surface area contributed by atoms with Gasteiger partial charge in [0.2, 0.25) is 5.91 Å². The van der Waals surface area contributed by atoms with E-state index >= 15 is 0 Å². The lowest BCUT2D eigenvalue weighted by molar-refractivity contribution is 0.1000. The van der Waals surface area contributed by atoms with E-state index in [0.29, 0.717) is 5.02 Å². The molecule has 0 aliphatic heterocycles. The highest BCUT2D eigenvalue weighted by molar-refractivity contribution is 7.92. The molecule has 1 amide bonds. The van der Waals surface area contributed by atoms with Crippen molar-refractivity contribution in [2.45, 2.75) is 4.90 Å². The maximum atomic E-state index is 12.1. The zero-order chi connectivity index (χ0) is 14.8. The number of halogens is 1. The van der Waals surface area contributed by atoms with E-state index in [-0.39, 0.29) is 16.1 Å². The van der Waals surface area contributed by atoms with Crippen LogP contribution in [0.5, 0.6) is 0 Å². The summed E-state index contributed by atoms with van der Waals surface area (Å²) in [4.78, 5) is 11.0. The Kier molecular flexibility index (Phi) is 3.96. The fraction of sp³-hybridized carbons (Fsp3) is 0. The molecule has 0 aliphatic carbocycles. The van der Waals surface area contributed by atoms with Crippen LogP contribution in [0.2, 0.25) is 5.02 Å². The summed E-state index contributed by atoms with van der Waals surface area (Å²) in [7, 11) is -3.76. The highest BCUT2D eigenvalue weighted by atomic mass is 35.5.